The van der Waals surface area contributed by atoms with Gasteiger partial charge in [0.15, 0.2) is 5.65 Å². The van der Waals surface area contributed by atoms with E-state index in [0.717, 1.165) is 35.5 Å². The van der Waals surface area contributed by atoms with E-state index >= 15 is 0 Å². The van der Waals surface area contributed by atoms with Crippen LogP contribution in [0.15, 0.2) is 30.5 Å². The highest BCUT2D eigenvalue weighted by molar-refractivity contribution is 6.30. The molecule has 5 nitrogen and oxygen atoms in total. The monoisotopic (exact) mass is 301 g/mol. The summed E-state index contributed by atoms with van der Waals surface area (Å²) in [4.78, 5) is 8.98. The average Bonchev–Trinajstić information content (AvgIpc) is 2.88. The lowest BCUT2D eigenvalue weighted by molar-refractivity contribution is 0.889. The Morgan fingerprint density at radius 1 is 1.29 bits per heavy atom. The van der Waals surface area contributed by atoms with E-state index in [-0.39, 0.29) is 0 Å². The maximum Gasteiger partial charge on any atom is 0.168 e. The molecule has 0 aliphatic carbocycles. The Morgan fingerprint density at radius 2 is 2.14 bits per heavy atom. The molecule has 0 aliphatic heterocycles. The molecule has 1 aromatic carbocycles. The molecule has 0 saturated heterocycles. The molecule has 3 rings (SSSR count). The fourth-order valence-electron chi connectivity index (χ4n) is 2.19. The van der Waals surface area contributed by atoms with E-state index in [0.29, 0.717) is 10.8 Å². The summed E-state index contributed by atoms with van der Waals surface area (Å²) in [5.41, 5.74) is 1.67. The van der Waals surface area contributed by atoms with Crippen molar-refractivity contribution in [3.63, 3.8) is 0 Å². The Bertz CT molecular complexity index is 781. The minimum Gasteiger partial charge on any atom is -0.369 e. The first kappa shape index (κ1) is 13.8. The van der Waals surface area contributed by atoms with Gasteiger partial charge in [0.1, 0.15) is 11.6 Å². The molecular weight excluding hydrogens is 286 g/mol. The van der Waals surface area contributed by atoms with Crippen molar-refractivity contribution in [3.8, 4) is 5.69 Å². The second-order valence-corrected chi connectivity index (χ2v) is 5.26. The first-order chi connectivity index (χ1) is 10.2. The molecule has 0 radical (unpaired) electrons. The Hall–Kier alpha value is -2.14. The number of fused-ring (bicyclic) bond motifs is 1. The van der Waals surface area contributed by atoms with Crippen LogP contribution in [0.2, 0.25) is 5.02 Å². The summed E-state index contributed by atoms with van der Waals surface area (Å²) >= 11 is 6.06. The number of halogens is 1. The predicted molar refractivity (Wildman–Crippen MR) is 85.2 cm³/mol. The maximum absolute atomic E-state index is 6.06. The first-order valence-corrected chi connectivity index (χ1v) is 7.29. The number of rotatable bonds is 4. The van der Waals surface area contributed by atoms with Crippen LogP contribution in [0.5, 0.6) is 0 Å². The number of nitrogens with one attached hydrogen (secondary N) is 1. The van der Waals surface area contributed by atoms with E-state index < -0.39 is 0 Å². The summed E-state index contributed by atoms with van der Waals surface area (Å²) in [6.07, 6.45) is 2.82. The SMILES string of the molecule is CCCNc1nc(C)nc2c1cnn2-c1cccc(Cl)c1. The normalized spacial score (nSPS) is 11.0. The van der Waals surface area contributed by atoms with Crippen molar-refractivity contribution in [2.45, 2.75) is 20.3 Å². The molecule has 0 saturated carbocycles. The quantitative estimate of drug-likeness (QED) is 0.800. The summed E-state index contributed by atoms with van der Waals surface area (Å²) in [5, 5.41) is 9.34. The van der Waals surface area contributed by atoms with Crippen LogP contribution < -0.4 is 5.32 Å². The van der Waals surface area contributed by atoms with Crippen LogP contribution in [-0.4, -0.2) is 26.3 Å². The lowest BCUT2D eigenvalue weighted by Crippen LogP contribution is -2.05. The van der Waals surface area contributed by atoms with E-state index in [4.69, 9.17) is 11.6 Å². The van der Waals surface area contributed by atoms with Crippen LogP contribution in [0.1, 0.15) is 19.2 Å². The predicted octanol–water partition coefficient (Wildman–Crippen LogP) is 3.60. The van der Waals surface area contributed by atoms with Gasteiger partial charge in [-0.3, -0.25) is 0 Å². The highest BCUT2D eigenvalue weighted by atomic mass is 35.5. The summed E-state index contributed by atoms with van der Waals surface area (Å²) < 4.78 is 1.78. The summed E-state index contributed by atoms with van der Waals surface area (Å²) in [6.45, 7) is 4.87. The standard InChI is InChI=1S/C15H16ClN5/c1-3-7-17-14-13-9-18-21(15(13)20-10(2)19-14)12-6-4-5-11(16)8-12/h4-6,8-9H,3,7H2,1-2H3,(H,17,19,20). The summed E-state index contributed by atoms with van der Waals surface area (Å²) in [7, 11) is 0. The molecular formula is C15H16ClN5. The zero-order valence-corrected chi connectivity index (χ0v) is 12.7. The highest BCUT2D eigenvalue weighted by Crippen LogP contribution is 2.23. The molecule has 0 atom stereocenters. The Kier molecular flexibility index (Phi) is 3.75. The third kappa shape index (κ3) is 2.69. The van der Waals surface area contributed by atoms with Crippen molar-refractivity contribution in [1.29, 1.82) is 0 Å². The maximum atomic E-state index is 6.06. The van der Waals surface area contributed by atoms with Crippen LogP contribution in [-0.2, 0) is 0 Å². The summed E-state index contributed by atoms with van der Waals surface area (Å²) in [6, 6.07) is 7.56. The van der Waals surface area contributed by atoms with Crippen LogP contribution in [0.25, 0.3) is 16.7 Å². The Balaban J connectivity index is 2.15. The average molecular weight is 302 g/mol. The second-order valence-electron chi connectivity index (χ2n) is 4.82. The van der Waals surface area contributed by atoms with Gasteiger partial charge in [-0.05, 0) is 31.5 Å². The number of aromatic nitrogens is 4. The van der Waals surface area contributed by atoms with Gasteiger partial charge in [-0.15, -0.1) is 0 Å². The molecule has 108 valence electrons. The van der Waals surface area contributed by atoms with Gasteiger partial charge in [0.05, 0.1) is 17.3 Å². The molecule has 0 unspecified atom stereocenters. The first-order valence-electron chi connectivity index (χ1n) is 6.91. The molecule has 0 aliphatic rings. The smallest absolute Gasteiger partial charge is 0.168 e. The van der Waals surface area contributed by atoms with Gasteiger partial charge in [0.2, 0.25) is 0 Å². The van der Waals surface area contributed by atoms with Crippen molar-refractivity contribution in [3.05, 3.63) is 41.3 Å². The van der Waals surface area contributed by atoms with E-state index in [1.807, 2.05) is 31.2 Å². The Labute approximate surface area is 128 Å². The van der Waals surface area contributed by atoms with Crippen LogP contribution in [0, 0.1) is 6.92 Å². The number of aryl methyl sites for hydroxylation is 1. The van der Waals surface area contributed by atoms with Crippen molar-refractivity contribution >= 4 is 28.5 Å². The van der Waals surface area contributed by atoms with Crippen molar-refractivity contribution in [2.75, 3.05) is 11.9 Å². The van der Waals surface area contributed by atoms with Gasteiger partial charge in [-0.25, -0.2) is 14.6 Å². The van der Waals surface area contributed by atoms with Crippen molar-refractivity contribution in [2.24, 2.45) is 0 Å². The third-order valence-electron chi connectivity index (χ3n) is 3.14. The molecule has 1 N–H and O–H groups in total. The number of benzene rings is 1. The topological polar surface area (TPSA) is 55.6 Å². The van der Waals surface area contributed by atoms with Gasteiger partial charge in [-0.2, -0.15) is 5.10 Å². The lowest BCUT2D eigenvalue weighted by atomic mass is 10.3. The molecule has 0 fully saturated rings. The van der Waals surface area contributed by atoms with Gasteiger partial charge in [-0.1, -0.05) is 24.6 Å². The van der Waals surface area contributed by atoms with E-state index in [9.17, 15) is 0 Å². The van der Waals surface area contributed by atoms with Gasteiger partial charge in [0.25, 0.3) is 0 Å². The zero-order chi connectivity index (χ0) is 14.8. The fourth-order valence-corrected chi connectivity index (χ4v) is 2.38. The number of anilines is 1. The number of nitrogens with zero attached hydrogens (tertiary/aromatic N) is 4. The van der Waals surface area contributed by atoms with Crippen molar-refractivity contribution in [1.82, 2.24) is 19.7 Å². The minimum absolute atomic E-state index is 0.672. The molecule has 2 heterocycles. The molecule has 21 heavy (non-hydrogen) atoms. The van der Waals surface area contributed by atoms with Crippen LogP contribution in [0.3, 0.4) is 0 Å². The molecule has 0 bridgehead atoms. The van der Waals surface area contributed by atoms with Gasteiger partial charge >= 0.3 is 0 Å². The molecule has 3 aromatic rings. The van der Waals surface area contributed by atoms with E-state index in [1.165, 1.54) is 0 Å². The number of hydrogen-bond acceptors (Lipinski definition) is 4. The molecule has 0 spiro atoms. The van der Waals surface area contributed by atoms with Gasteiger partial charge in [0, 0.05) is 11.6 Å². The van der Waals surface area contributed by atoms with Gasteiger partial charge < -0.3 is 5.32 Å². The van der Waals surface area contributed by atoms with E-state index in [1.54, 1.807) is 10.9 Å². The number of hydrogen-bond donors (Lipinski definition) is 1. The lowest BCUT2D eigenvalue weighted by Gasteiger charge is -2.07. The van der Waals surface area contributed by atoms with Crippen LogP contribution in [0.4, 0.5) is 5.82 Å². The minimum atomic E-state index is 0.672. The molecule has 2 aromatic heterocycles. The molecule has 0 amide bonds. The second kappa shape index (κ2) is 5.69. The largest absolute Gasteiger partial charge is 0.369 e. The molecule has 6 heteroatoms. The summed E-state index contributed by atoms with van der Waals surface area (Å²) in [5.74, 6) is 1.54. The van der Waals surface area contributed by atoms with Crippen molar-refractivity contribution < 1.29 is 0 Å². The van der Waals surface area contributed by atoms with E-state index in [2.05, 4.69) is 27.3 Å². The fraction of sp³-hybridized carbons (Fsp3) is 0.267. The zero-order valence-electron chi connectivity index (χ0n) is 12.0. The third-order valence-corrected chi connectivity index (χ3v) is 3.37. The van der Waals surface area contributed by atoms with Crippen LogP contribution >= 0.6 is 11.6 Å². The highest BCUT2D eigenvalue weighted by Gasteiger charge is 2.12. The Morgan fingerprint density at radius 3 is 2.90 bits per heavy atom.